The summed E-state index contributed by atoms with van der Waals surface area (Å²) in [4.78, 5) is 30.9. The Labute approximate surface area is 278 Å². The van der Waals surface area contributed by atoms with Gasteiger partial charge in [-0.3, -0.25) is 9.59 Å². The van der Waals surface area contributed by atoms with E-state index in [1.54, 1.807) is 24.3 Å². The van der Waals surface area contributed by atoms with Gasteiger partial charge in [0.2, 0.25) is 0 Å². The molecular weight excluding hydrogens is 584 g/mol. The van der Waals surface area contributed by atoms with Gasteiger partial charge in [0.1, 0.15) is 0 Å². The molecule has 4 aromatic carbocycles. The molecule has 0 radical (unpaired) electrons. The van der Waals surface area contributed by atoms with Crippen molar-refractivity contribution in [1.29, 1.82) is 0 Å². The van der Waals surface area contributed by atoms with Crippen molar-refractivity contribution in [3.63, 3.8) is 0 Å². The van der Waals surface area contributed by atoms with Crippen molar-refractivity contribution in [2.45, 2.75) is 58.4 Å². The summed E-state index contributed by atoms with van der Waals surface area (Å²) < 4.78 is 0. The summed E-state index contributed by atoms with van der Waals surface area (Å²) in [6.45, 7) is 13.4. The maximum absolute atomic E-state index is 13.2. The number of nitrogens with one attached hydrogen (secondary N) is 4. The van der Waals surface area contributed by atoms with Crippen molar-refractivity contribution in [3.05, 3.63) is 119 Å². The van der Waals surface area contributed by atoms with E-state index in [-0.39, 0.29) is 11.7 Å². The highest BCUT2D eigenvalue weighted by molar-refractivity contribution is 6.09. The molecule has 0 spiro atoms. The van der Waals surface area contributed by atoms with Gasteiger partial charge in [-0.25, -0.2) is 0 Å². The first-order valence-electron chi connectivity index (χ1n) is 16.7. The van der Waals surface area contributed by atoms with Crippen LogP contribution >= 0.6 is 0 Å². The molecule has 4 unspecified atom stereocenters. The molecule has 244 valence electrons. The molecule has 4 N–H and O–H groups in total. The van der Waals surface area contributed by atoms with E-state index in [1.807, 2.05) is 48.5 Å². The molecule has 2 aliphatic heterocycles. The largest absolute Gasteiger partial charge is 0.381 e. The summed E-state index contributed by atoms with van der Waals surface area (Å²) in [7, 11) is 0. The lowest BCUT2D eigenvalue weighted by Crippen LogP contribution is -2.54. The quantitative estimate of drug-likeness (QED) is 0.165. The normalized spacial score (nSPS) is 21.3. The van der Waals surface area contributed by atoms with Crippen molar-refractivity contribution in [1.82, 2.24) is 10.6 Å². The van der Waals surface area contributed by atoms with Crippen molar-refractivity contribution in [2.24, 2.45) is 0 Å². The van der Waals surface area contributed by atoms with Crippen LogP contribution in [0.2, 0.25) is 0 Å². The number of rotatable bonds is 9. The Bertz CT molecular complexity index is 1630. The number of piperazine rings is 2. The predicted octanol–water partition coefficient (Wildman–Crippen LogP) is 6.16. The fourth-order valence-corrected chi connectivity index (χ4v) is 6.74. The first-order chi connectivity index (χ1) is 22.7. The molecule has 47 heavy (non-hydrogen) atoms. The van der Waals surface area contributed by atoms with E-state index in [2.05, 4.69) is 83.0 Å². The minimum absolute atomic E-state index is 0.0614. The van der Waals surface area contributed by atoms with Crippen molar-refractivity contribution < 1.29 is 9.59 Å². The minimum atomic E-state index is -0.180. The van der Waals surface area contributed by atoms with Gasteiger partial charge in [-0.15, -0.1) is 0 Å². The standard InChI is InChI=1S/C39H46N6O2/c1-26-22-44(23-27(2)41-26)36-17-5-30(6-18-36)21-40-34-13-7-31(8-14-34)38(46)32-9-15-35(16-10-32)43-39(47)33-11-19-37(20-12-33)45-24-28(3)42-29(4)25-45/h5-20,26-29,40-42H,21-25H2,1-4H3,(H,43,47). The Balaban J connectivity index is 0.991. The highest BCUT2D eigenvalue weighted by Gasteiger charge is 2.22. The van der Waals surface area contributed by atoms with E-state index in [9.17, 15) is 9.59 Å². The maximum Gasteiger partial charge on any atom is 0.255 e. The molecule has 2 heterocycles. The predicted molar refractivity (Wildman–Crippen MR) is 193 cm³/mol. The fraction of sp³-hybridized carbons (Fsp3) is 0.333. The van der Waals surface area contributed by atoms with Gasteiger partial charge in [-0.2, -0.15) is 0 Å². The molecule has 4 atom stereocenters. The molecule has 6 rings (SSSR count). The van der Waals surface area contributed by atoms with E-state index in [0.29, 0.717) is 53.1 Å². The number of hydrogen-bond acceptors (Lipinski definition) is 7. The van der Waals surface area contributed by atoms with Crippen LogP contribution in [-0.2, 0) is 6.54 Å². The molecule has 8 nitrogen and oxygen atoms in total. The lowest BCUT2D eigenvalue weighted by atomic mass is 10.0. The molecule has 8 heteroatoms. The highest BCUT2D eigenvalue weighted by Crippen LogP contribution is 2.22. The summed E-state index contributed by atoms with van der Waals surface area (Å²) in [6, 6.07) is 32.9. The lowest BCUT2D eigenvalue weighted by Gasteiger charge is -2.37. The Morgan fingerprint density at radius 3 is 1.45 bits per heavy atom. The topological polar surface area (TPSA) is 88.7 Å². The molecule has 0 aromatic heterocycles. The van der Waals surface area contributed by atoms with E-state index in [1.165, 1.54) is 11.3 Å². The zero-order valence-electron chi connectivity index (χ0n) is 27.8. The van der Waals surface area contributed by atoms with Gasteiger partial charge >= 0.3 is 0 Å². The Kier molecular flexibility index (Phi) is 9.90. The monoisotopic (exact) mass is 630 g/mol. The second-order valence-corrected chi connectivity index (χ2v) is 13.3. The summed E-state index contributed by atoms with van der Waals surface area (Å²) in [6.07, 6.45) is 0. The number of benzene rings is 4. The Morgan fingerprint density at radius 2 is 0.979 bits per heavy atom. The van der Waals surface area contributed by atoms with Gasteiger partial charge in [0.05, 0.1) is 0 Å². The van der Waals surface area contributed by atoms with E-state index in [0.717, 1.165) is 37.6 Å². The molecular formula is C39H46N6O2. The van der Waals surface area contributed by atoms with Crippen LogP contribution in [0.15, 0.2) is 97.1 Å². The molecule has 0 bridgehead atoms. The third-order valence-corrected chi connectivity index (χ3v) is 8.96. The molecule has 2 saturated heterocycles. The van der Waals surface area contributed by atoms with Crippen LogP contribution < -0.4 is 31.1 Å². The smallest absolute Gasteiger partial charge is 0.255 e. The van der Waals surface area contributed by atoms with Gasteiger partial charge in [-0.05, 0) is 118 Å². The van der Waals surface area contributed by atoms with Crippen molar-refractivity contribution >= 4 is 34.4 Å². The van der Waals surface area contributed by atoms with Crippen LogP contribution in [0.5, 0.6) is 0 Å². The summed E-state index contributed by atoms with van der Waals surface area (Å²) in [5.74, 6) is -0.241. The highest BCUT2D eigenvalue weighted by atomic mass is 16.1. The average molecular weight is 631 g/mol. The van der Waals surface area contributed by atoms with Gasteiger partial charge in [0.25, 0.3) is 5.91 Å². The number of ketones is 1. The first kappa shape index (κ1) is 32.3. The van der Waals surface area contributed by atoms with Gasteiger partial charge in [0.15, 0.2) is 5.78 Å². The van der Waals surface area contributed by atoms with Crippen LogP contribution in [0.4, 0.5) is 22.7 Å². The average Bonchev–Trinajstić information content (AvgIpc) is 3.07. The number of anilines is 4. The molecule has 2 fully saturated rings. The number of nitrogens with zero attached hydrogens (tertiary/aromatic N) is 2. The van der Waals surface area contributed by atoms with Gasteiger partial charge < -0.3 is 31.1 Å². The lowest BCUT2D eigenvalue weighted by molar-refractivity contribution is 0.102. The summed E-state index contributed by atoms with van der Waals surface area (Å²) in [5.41, 5.74) is 6.96. The van der Waals surface area contributed by atoms with E-state index < -0.39 is 0 Å². The van der Waals surface area contributed by atoms with Crippen LogP contribution in [-0.4, -0.2) is 62.0 Å². The van der Waals surface area contributed by atoms with E-state index >= 15 is 0 Å². The van der Waals surface area contributed by atoms with Crippen LogP contribution in [0.3, 0.4) is 0 Å². The minimum Gasteiger partial charge on any atom is -0.381 e. The number of carbonyl (C=O) groups is 2. The second-order valence-electron chi connectivity index (χ2n) is 13.3. The Hall–Kier alpha value is -4.66. The van der Waals surface area contributed by atoms with Crippen molar-refractivity contribution in [2.75, 3.05) is 46.6 Å². The summed E-state index contributed by atoms with van der Waals surface area (Å²) in [5, 5.41) is 13.5. The number of hydrogen-bond donors (Lipinski definition) is 4. The van der Waals surface area contributed by atoms with Crippen LogP contribution in [0, 0.1) is 0 Å². The molecule has 1 amide bonds. The van der Waals surface area contributed by atoms with Gasteiger partial charge in [0, 0.05) is 96.3 Å². The number of amides is 1. The van der Waals surface area contributed by atoms with Gasteiger partial charge in [-0.1, -0.05) is 12.1 Å². The zero-order chi connectivity index (χ0) is 32.9. The molecule has 4 aromatic rings. The van der Waals surface area contributed by atoms with Crippen LogP contribution in [0.25, 0.3) is 0 Å². The first-order valence-corrected chi connectivity index (χ1v) is 16.7. The van der Waals surface area contributed by atoms with Crippen molar-refractivity contribution in [3.8, 4) is 0 Å². The SMILES string of the molecule is CC1CN(c2ccc(CNc3ccc(C(=O)c4ccc(NC(=O)c5ccc(N6CC(C)NC(C)C6)cc5)cc4)cc3)cc2)CC(C)N1. The maximum atomic E-state index is 13.2. The summed E-state index contributed by atoms with van der Waals surface area (Å²) >= 11 is 0. The third kappa shape index (κ3) is 8.20. The van der Waals surface area contributed by atoms with Crippen LogP contribution in [0.1, 0.15) is 59.5 Å². The third-order valence-electron chi connectivity index (χ3n) is 8.96. The molecule has 0 saturated carbocycles. The fourth-order valence-electron chi connectivity index (χ4n) is 6.74. The zero-order valence-corrected chi connectivity index (χ0v) is 27.8. The Morgan fingerprint density at radius 1 is 0.574 bits per heavy atom. The second kappa shape index (κ2) is 14.4. The molecule has 2 aliphatic rings. The molecule has 0 aliphatic carbocycles. The van der Waals surface area contributed by atoms with E-state index in [4.69, 9.17) is 0 Å². The number of carbonyl (C=O) groups excluding carboxylic acids is 2.